The van der Waals surface area contributed by atoms with Crippen LogP contribution in [0.4, 0.5) is 0 Å². The highest BCUT2D eigenvalue weighted by atomic mass is 16.6. The predicted molar refractivity (Wildman–Crippen MR) is 252 cm³/mol. The van der Waals surface area contributed by atoms with E-state index in [2.05, 4.69) is 34.6 Å². The summed E-state index contributed by atoms with van der Waals surface area (Å²) in [5.74, 6) is 0.809. The van der Waals surface area contributed by atoms with E-state index in [9.17, 15) is 14.4 Å². The Kier molecular flexibility index (Phi) is 44.7. The molecule has 0 heterocycles. The largest absolute Gasteiger partial charge is 0.462 e. The molecule has 0 aliphatic carbocycles. The molecule has 350 valence electrons. The summed E-state index contributed by atoms with van der Waals surface area (Å²) in [7, 11) is 0. The van der Waals surface area contributed by atoms with Crippen molar-refractivity contribution in [2.24, 2.45) is 11.8 Å². The molecule has 0 aliphatic heterocycles. The SMILES string of the molecule is CCCCCCCCCCCCCCCC(=O)OC[C@H](COC(=O)CCCCCCCCCCCCCCCCCC(C)C)OC(=O)CCCCCCCCC(C)CC. The van der Waals surface area contributed by atoms with Crippen LogP contribution in [0.15, 0.2) is 0 Å². The molecule has 0 fully saturated rings. The van der Waals surface area contributed by atoms with Crippen molar-refractivity contribution in [1.29, 1.82) is 0 Å². The second kappa shape index (κ2) is 45.9. The number of unbranched alkanes of at least 4 members (excludes halogenated alkanes) is 31. The lowest BCUT2D eigenvalue weighted by molar-refractivity contribution is -0.167. The van der Waals surface area contributed by atoms with Gasteiger partial charge in [-0.2, -0.15) is 0 Å². The Morgan fingerprint density at radius 3 is 0.966 bits per heavy atom. The Labute approximate surface area is 368 Å². The Balaban J connectivity index is 4.25. The van der Waals surface area contributed by atoms with Crippen LogP contribution in [-0.4, -0.2) is 37.2 Å². The highest BCUT2D eigenvalue weighted by Gasteiger charge is 2.19. The number of carbonyl (C=O) groups is 3. The lowest BCUT2D eigenvalue weighted by atomic mass is 10.00. The minimum atomic E-state index is -0.762. The molecule has 6 heteroatoms. The topological polar surface area (TPSA) is 78.9 Å². The molecule has 59 heavy (non-hydrogen) atoms. The number of hydrogen-bond acceptors (Lipinski definition) is 6. The van der Waals surface area contributed by atoms with Gasteiger partial charge in [0.2, 0.25) is 0 Å². The van der Waals surface area contributed by atoms with Crippen molar-refractivity contribution in [2.75, 3.05) is 13.2 Å². The standard InChI is InChI=1S/C53H102O6/c1-6-8-9-10-11-12-13-17-21-24-27-33-38-43-51(54)57-46-50(59-53(56)45-40-35-30-29-32-37-42-49(5)7-2)47-58-52(55)44-39-34-28-25-22-19-16-14-15-18-20-23-26-31-36-41-48(3)4/h48-50H,6-47H2,1-5H3/t49?,50-/m1/s1. The zero-order valence-electron chi connectivity index (χ0n) is 40.4. The van der Waals surface area contributed by atoms with E-state index in [-0.39, 0.29) is 31.1 Å². The molecule has 0 amide bonds. The fourth-order valence-electron chi connectivity index (χ4n) is 7.96. The minimum absolute atomic E-state index is 0.0644. The Morgan fingerprint density at radius 2 is 0.644 bits per heavy atom. The third-order valence-electron chi connectivity index (χ3n) is 12.3. The normalized spacial score (nSPS) is 12.5. The Morgan fingerprint density at radius 1 is 0.356 bits per heavy atom. The predicted octanol–water partition coefficient (Wildman–Crippen LogP) is 16.9. The molecule has 0 saturated carbocycles. The molecule has 6 nitrogen and oxygen atoms in total. The summed E-state index contributed by atoms with van der Waals surface area (Å²) in [5, 5.41) is 0. The zero-order chi connectivity index (χ0) is 43.3. The van der Waals surface area contributed by atoms with Crippen molar-refractivity contribution in [3.63, 3.8) is 0 Å². The van der Waals surface area contributed by atoms with E-state index in [1.54, 1.807) is 0 Å². The first-order valence-corrected chi connectivity index (χ1v) is 26.3. The van der Waals surface area contributed by atoms with Crippen LogP contribution in [0.1, 0.15) is 291 Å². The molecule has 0 aromatic rings. The van der Waals surface area contributed by atoms with Crippen molar-refractivity contribution in [1.82, 2.24) is 0 Å². The van der Waals surface area contributed by atoms with Crippen LogP contribution in [0.2, 0.25) is 0 Å². The second-order valence-electron chi connectivity index (χ2n) is 18.9. The zero-order valence-corrected chi connectivity index (χ0v) is 40.4. The van der Waals surface area contributed by atoms with Crippen LogP contribution in [0, 0.1) is 11.8 Å². The van der Waals surface area contributed by atoms with Crippen molar-refractivity contribution in [3.8, 4) is 0 Å². The van der Waals surface area contributed by atoms with Gasteiger partial charge >= 0.3 is 17.9 Å². The monoisotopic (exact) mass is 835 g/mol. The first-order chi connectivity index (χ1) is 28.8. The average molecular weight is 835 g/mol. The van der Waals surface area contributed by atoms with Gasteiger partial charge in [-0.05, 0) is 31.1 Å². The molecule has 1 unspecified atom stereocenters. The Bertz CT molecular complexity index is 902. The van der Waals surface area contributed by atoms with Crippen molar-refractivity contribution < 1.29 is 28.6 Å². The molecule has 0 N–H and O–H groups in total. The molecule has 0 spiro atoms. The van der Waals surface area contributed by atoms with E-state index in [0.717, 1.165) is 69.6 Å². The molecule has 0 bridgehead atoms. The maximum Gasteiger partial charge on any atom is 0.306 e. The first kappa shape index (κ1) is 57.4. The molecule has 0 saturated heterocycles. The average Bonchev–Trinajstić information content (AvgIpc) is 3.22. The van der Waals surface area contributed by atoms with Crippen molar-refractivity contribution >= 4 is 17.9 Å². The molecule has 0 rings (SSSR count). The van der Waals surface area contributed by atoms with E-state index >= 15 is 0 Å². The fourth-order valence-corrected chi connectivity index (χ4v) is 7.96. The summed E-state index contributed by atoms with van der Waals surface area (Å²) in [6.45, 7) is 11.4. The van der Waals surface area contributed by atoms with E-state index in [0.29, 0.717) is 19.3 Å². The van der Waals surface area contributed by atoms with Gasteiger partial charge in [0.15, 0.2) is 6.10 Å². The van der Waals surface area contributed by atoms with Gasteiger partial charge in [0.05, 0.1) is 0 Å². The van der Waals surface area contributed by atoms with Gasteiger partial charge in [-0.15, -0.1) is 0 Å². The highest BCUT2D eigenvalue weighted by Crippen LogP contribution is 2.18. The second-order valence-corrected chi connectivity index (χ2v) is 18.9. The molecule has 2 atom stereocenters. The van der Waals surface area contributed by atoms with E-state index in [1.165, 1.54) is 180 Å². The van der Waals surface area contributed by atoms with Crippen LogP contribution in [0.3, 0.4) is 0 Å². The van der Waals surface area contributed by atoms with Crippen LogP contribution >= 0.6 is 0 Å². The van der Waals surface area contributed by atoms with Crippen molar-refractivity contribution in [3.05, 3.63) is 0 Å². The summed E-state index contributed by atoms with van der Waals surface area (Å²) < 4.78 is 16.8. The molecule has 0 aromatic heterocycles. The third kappa shape index (κ3) is 45.8. The summed E-state index contributed by atoms with van der Waals surface area (Å²) in [4.78, 5) is 37.9. The van der Waals surface area contributed by atoms with Gasteiger partial charge in [-0.25, -0.2) is 0 Å². The lowest BCUT2D eigenvalue weighted by Crippen LogP contribution is -2.30. The first-order valence-electron chi connectivity index (χ1n) is 26.3. The number of esters is 3. The van der Waals surface area contributed by atoms with E-state index in [4.69, 9.17) is 14.2 Å². The van der Waals surface area contributed by atoms with Crippen LogP contribution in [0.25, 0.3) is 0 Å². The van der Waals surface area contributed by atoms with Gasteiger partial charge < -0.3 is 14.2 Å². The maximum atomic E-state index is 12.7. The number of hydrogen-bond donors (Lipinski definition) is 0. The summed E-state index contributed by atoms with van der Waals surface area (Å²) in [6.07, 6.45) is 46.6. The van der Waals surface area contributed by atoms with E-state index < -0.39 is 6.10 Å². The van der Waals surface area contributed by atoms with E-state index in [1.807, 2.05) is 0 Å². The smallest absolute Gasteiger partial charge is 0.306 e. The molecule has 0 aromatic carbocycles. The van der Waals surface area contributed by atoms with Crippen LogP contribution < -0.4 is 0 Å². The van der Waals surface area contributed by atoms with Gasteiger partial charge in [-0.3, -0.25) is 14.4 Å². The number of ether oxygens (including phenoxy) is 3. The van der Waals surface area contributed by atoms with Gasteiger partial charge in [-0.1, -0.05) is 253 Å². The third-order valence-corrected chi connectivity index (χ3v) is 12.3. The molecular formula is C53H102O6. The summed E-state index contributed by atoms with van der Waals surface area (Å²) in [5.41, 5.74) is 0. The van der Waals surface area contributed by atoms with Crippen LogP contribution in [0.5, 0.6) is 0 Å². The molecular weight excluding hydrogens is 733 g/mol. The number of rotatable bonds is 47. The van der Waals surface area contributed by atoms with Gasteiger partial charge in [0.1, 0.15) is 13.2 Å². The lowest BCUT2D eigenvalue weighted by Gasteiger charge is -2.18. The summed E-state index contributed by atoms with van der Waals surface area (Å²) >= 11 is 0. The number of carbonyl (C=O) groups excluding carboxylic acids is 3. The molecule has 0 radical (unpaired) electrons. The summed E-state index contributed by atoms with van der Waals surface area (Å²) in [6, 6.07) is 0. The highest BCUT2D eigenvalue weighted by molar-refractivity contribution is 5.71. The Hall–Kier alpha value is -1.59. The minimum Gasteiger partial charge on any atom is -0.462 e. The van der Waals surface area contributed by atoms with Gasteiger partial charge in [0.25, 0.3) is 0 Å². The van der Waals surface area contributed by atoms with Crippen molar-refractivity contribution in [2.45, 2.75) is 298 Å². The quantitative estimate of drug-likeness (QED) is 0.0345. The maximum absolute atomic E-state index is 12.7. The van der Waals surface area contributed by atoms with Gasteiger partial charge in [0, 0.05) is 19.3 Å². The fraction of sp³-hybridized carbons (Fsp3) is 0.943. The molecule has 0 aliphatic rings. The van der Waals surface area contributed by atoms with Crippen LogP contribution in [-0.2, 0) is 28.6 Å².